The van der Waals surface area contributed by atoms with Gasteiger partial charge < -0.3 is 9.88 Å². The molecule has 0 saturated carbocycles. The van der Waals surface area contributed by atoms with Gasteiger partial charge in [0.05, 0.1) is 5.69 Å². The summed E-state index contributed by atoms with van der Waals surface area (Å²) in [6.45, 7) is 0. The molecule has 152 valence electrons. The second-order valence-electron chi connectivity index (χ2n) is 7.03. The SMILES string of the molecule is Cn1ccnc1C(NC(=O)c1cccc(N2C(=O)CCC2=O)c1)c1ccc(Cl)cc1. The summed E-state index contributed by atoms with van der Waals surface area (Å²) in [6.07, 6.45) is 3.84. The number of carbonyl (C=O) groups excluding carboxylic acids is 3. The highest BCUT2D eigenvalue weighted by atomic mass is 35.5. The summed E-state index contributed by atoms with van der Waals surface area (Å²) in [5.74, 6) is -0.208. The van der Waals surface area contributed by atoms with Crippen molar-refractivity contribution in [3.63, 3.8) is 0 Å². The molecule has 1 unspecified atom stereocenters. The van der Waals surface area contributed by atoms with Gasteiger partial charge in [-0.3, -0.25) is 19.3 Å². The first kappa shape index (κ1) is 19.8. The van der Waals surface area contributed by atoms with Crippen LogP contribution in [0, 0.1) is 0 Å². The number of carbonyl (C=O) groups is 3. The molecular formula is C22H19ClN4O3. The number of nitrogens with one attached hydrogen (secondary N) is 1. The molecule has 7 nitrogen and oxygen atoms in total. The van der Waals surface area contributed by atoms with Crippen LogP contribution in [0.15, 0.2) is 60.9 Å². The molecule has 8 heteroatoms. The second kappa shape index (κ2) is 8.12. The number of hydrogen-bond donors (Lipinski definition) is 1. The van der Waals surface area contributed by atoms with Crippen molar-refractivity contribution < 1.29 is 14.4 Å². The van der Waals surface area contributed by atoms with Crippen molar-refractivity contribution in [1.82, 2.24) is 14.9 Å². The zero-order valence-electron chi connectivity index (χ0n) is 16.2. The molecule has 2 heterocycles. The molecule has 1 fully saturated rings. The van der Waals surface area contributed by atoms with E-state index in [1.165, 1.54) is 0 Å². The molecule has 1 aliphatic rings. The van der Waals surface area contributed by atoms with Gasteiger partial charge in [-0.05, 0) is 35.9 Å². The lowest BCUT2D eigenvalue weighted by atomic mass is 10.0. The summed E-state index contributed by atoms with van der Waals surface area (Å²) in [6, 6.07) is 13.2. The van der Waals surface area contributed by atoms with Gasteiger partial charge in [0.1, 0.15) is 11.9 Å². The minimum absolute atomic E-state index is 0.188. The number of aromatic nitrogens is 2. The van der Waals surface area contributed by atoms with E-state index >= 15 is 0 Å². The molecule has 0 radical (unpaired) electrons. The molecule has 0 aliphatic carbocycles. The van der Waals surface area contributed by atoms with Crippen LogP contribution in [0.1, 0.15) is 40.6 Å². The fourth-order valence-electron chi connectivity index (χ4n) is 3.47. The van der Waals surface area contributed by atoms with Gasteiger partial charge in [-0.2, -0.15) is 0 Å². The molecule has 0 bridgehead atoms. The third-order valence-corrected chi connectivity index (χ3v) is 5.27. The lowest BCUT2D eigenvalue weighted by Gasteiger charge is -2.20. The van der Waals surface area contributed by atoms with Crippen molar-refractivity contribution >= 4 is 35.0 Å². The van der Waals surface area contributed by atoms with Crippen molar-refractivity contribution in [1.29, 1.82) is 0 Å². The first-order valence-electron chi connectivity index (χ1n) is 9.43. The van der Waals surface area contributed by atoms with Gasteiger partial charge in [-0.25, -0.2) is 4.98 Å². The van der Waals surface area contributed by atoms with Crippen LogP contribution in [0.2, 0.25) is 5.02 Å². The Labute approximate surface area is 178 Å². The molecule has 1 aliphatic heterocycles. The number of benzene rings is 2. The smallest absolute Gasteiger partial charge is 0.252 e. The molecule has 1 aromatic heterocycles. The molecule has 1 atom stereocenters. The van der Waals surface area contributed by atoms with E-state index < -0.39 is 6.04 Å². The lowest BCUT2D eigenvalue weighted by molar-refractivity contribution is -0.121. The summed E-state index contributed by atoms with van der Waals surface area (Å²) < 4.78 is 1.83. The van der Waals surface area contributed by atoms with Gasteiger partial charge in [0.15, 0.2) is 0 Å². The maximum atomic E-state index is 13.1. The molecule has 1 saturated heterocycles. The highest BCUT2D eigenvalue weighted by Gasteiger charge is 2.30. The normalized spacial score (nSPS) is 14.8. The summed E-state index contributed by atoms with van der Waals surface area (Å²) in [7, 11) is 1.85. The molecule has 4 rings (SSSR count). The van der Waals surface area contributed by atoms with Crippen molar-refractivity contribution in [2.24, 2.45) is 7.05 Å². The van der Waals surface area contributed by atoms with Gasteiger partial charge in [0.2, 0.25) is 11.8 Å². The van der Waals surface area contributed by atoms with Crippen molar-refractivity contribution in [2.45, 2.75) is 18.9 Å². The quantitative estimate of drug-likeness (QED) is 0.640. The summed E-state index contributed by atoms with van der Waals surface area (Å²) in [4.78, 5) is 42.6. The second-order valence-corrected chi connectivity index (χ2v) is 7.46. The van der Waals surface area contributed by atoms with Crippen LogP contribution >= 0.6 is 11.6 Å². The van der Waals surface area contributed by atoms with E-state index in [-0.39, 0.29) is 30.6 Å². The van der Waals surface area contributed by atoms with Crippen LogP contribution in [0.4, 0.5) is 5.69 Å². The highest BCUT2D eigenvalue weighted by Crippen LogP contribution is 2.25. The van der Waals surface area contributed by atoms with E-state index in [1.54, 1.807) is 48.8 Å². The van der Waals surface area contributed by atoms with Crippen LogP contribution in [-0.2, 0) is 16.6 Å². The Bertz CT molecular complexity index is 1110. The summed E-state index contributed by atoms with van der Waals surface area (Å²) >= 11 is 6.01. The Kier molecular flexibility index (Phi) is 5.37. The third kappa shape index (κ3) is 3.84. The van der Waals surface area contributed by atoms with Crippen molar-refractivity contribution in [2.75, 3.05) is 4.90 Å². The Morgan fingerprint density at radius 2 is 1.80 bits per heavy atom. The highest BCUT2D eigenvalue weighted by molar-refractivity contribution is 6.30. The first-order chi connectivity index (χ1) is 14.4. The van der Waals surface area contributed by atoms with E-state index in [0.29, 0.717) is 22.1 Å². The molecule has 0 spiro atoms. The Hall–Kier alpha value is -3.45. The number of hydrogen-bond acceptors (Lipinski definition) is 4. The van der Waals surface area contributed by atoms with Gasteiger partial charge in [0.25, 0.3) is 5.91 Å². The Morgan fingerprint density at radius 1 is 1.10 bits per heavy atom. The Morgan fingerprint density at radius 3 is 2.43 bits per heavy atom. The molecular weight excluding hydrogens is 404 g/mol. The first-order valence-corrected chi connectivity index (χ1v) is 9.81. The van der Waals surface area contributed by atoms with E-state index in [1.807, 2.05) is 23.7 Å². The fraction of sp³-hybridized carbons (Fsp3) is 0.182. The van der Waals surface area contributed by atoms with E-state index in [2.05, 4.69) is 10.3 Å². The number of amides is 3. The maximum Gasteiger partial charge on any atom is 0.252 e. The van der Waals surface area contributed by atoms with E-state index in [0.717, 1.165) is 10.5 Å². The molecule has 2 aromatic carbocycles. The molecule has 1 N–H and O–H groups in total. The number of imide groups is 1. The van der Waals surface area contributed by atoms with E-state index in [9.17, 15) is 14.4 Å². The number of nitrogens with zero attached hydrogens (tertiary/aromatic N) is 3. The van der Waals surface area contributed by atoms with Crippen LogP contribution < -0.4 is 10.2 Å². The van der Waals surface area contributed by atoms with Gasteiger partial charge >= 0.3 is 0 Å². The predicted molar refractivity (Wildman–Crippen MR) is 112 cm³/mol. The predicted octanol–water partition coefficient (Wildman–Crippen LogP) is 3.25. The van der Waals surface area contributed by atoms with Gasteiger partial charge in [-0.1, -0.05) is 29.8 Å². The number of anilines is 1. The summed E-state index contributed by atoms with van der Waals surface area (Å²) in [5.41, 5.74) is 1.56. The number of aryl methyl sites for hydroxylation is 1. The molecule has 3 amide bonds. The number of halogens is 1. The Balaban J connectivity index is 1.64. The third-order valence-electron chi connectivity index (χ3n) is 5.01. The minimum Gasteiger partial charge on any atom is -0.338 e. The minimum atomic E-state index is -0.506. The number of imidazole rings is 1. The topological polar surface area (TPSA) is 84.3 Å². The number of rotatable bonds is 5. The van der Waals surface area contributed by atoms with Crippen molar-refractivity contribution in [3.05, 3.63) is 82.9 Å². The summed E-state index contributed by atoms with van der Waals surface area (Å²) in [5, 5.41) is 3.59. The van der Waals surface area contributed by atoms with Gasteiger partial charge in [0, 0.05) is 42.9 Å². The largest absolute Gasteiger partial charge is 0.338 e. The van der Waals surface area contributed by atoms with Gasteiger partial charge in [-0.15, -0.1) is 0 Å². The average molecular weight is 423 g/mol. The maximum absolute atomic E-state index is 13.1. The van der Waals surface area contributed by atoms with Crippen LogP contribution in [0.5, 0.6) is 0 Å². The molecule has 30 heavy (non-hydrogen) atoms. The van der Waals surface area contributed by atoms with Crippen LogP contribution in [0.3, 0.4) is 0 Å². The average Bonchev–Trinajstić information content (AvgIpc) is 3.31. The molecule has 3 aromatic rings. The zero-order valence-corrected chi connectivity index (χ0v) is 17.0. The van der Waals surface area contributed by atoms with Crippen molar-refractivity contribution in [3.8, 4) is 0 Å². The van der Waals surface area contributed by atoms with Crippen LogP contribution in [-0.4, -0.2) is 27.3 Å². The lowest BCUT2D eigenvalue weighted by Crippen LogP contribution is -2.32. The standard InChI is InChI=1S/C22H19ClN4O3/c1-26-12-11-24-21(26)20(14-5-7-16(23)8-6-14)25-22(30)15-3-2-4-17(13-15)27-18(28)9-10-19(27)29/h2-8,11-13,20H,9-10H2,1H3,(H,25,30). The zero-order chi connectivity index (χ0) is 21.3. The van der Waals surface area contributed by atoms with Crippen LogP contribution in [0.25, 0.3) is 0 Å². The fourth-order valence-corrected chi connectivity index (χ4v) is 3.60. The monoisotopic (exact) mass is 422 g/mol. The van der Waals surface area contributed by atoms with E-state index in [4.69, 9.17) is 11.6 Å².